The van der Waals surface area contributed by atoms with E-state index in [1.807, 2.05) is 6.92 Å². The predicted molar refractivity (Wildman–Crippen MR) is 76.0 cm³/mol. The summed E-state index contributed by atoms with van der Waals surface area (Å²) in [6.07, 6.45) is 4.37. The summed E-state index contributed by atoms with van der Waals surface area (Å²) in [5.41, 5.74) is 0. The molecule has 0 unspecified atom stereocenters. The zero-order valence-corrected chi connectivity index (χ0v) is 12.9. The van der Waals surface area contributed by atoms with Crippen molar-refractivity contribution in [2.24, 2.45) is 0 Å². The fourth-order valence-corrected chi connectivity index (χ4v) is 2.63. The molecule has 0 radical (unpaired) electrons. The molecule has 0 aliphatic carbocycles. The molecule has 0 atom stereocenters. The number of nitrogens with zero attached hydrogens (tertiary/aromatic N) is 3. The van der Waals surface area contributed by atoms with Gasteiger partial charge < -0.3 is 9.73 Å². The number of aryl methyl sites for hydroxylation is 1. The van der Waals surface area contributed by atoms with Crippen LogP contribution in [0.2, 0.25) is 0 Å². The second-order valence-electron chi connectivity index (χ2n) is 4.48. The van der Waals surface area contributed by atoms with E-state index in [2.05, 4.69) is 20.1 Å². The number of hydrogen-bond donors (Lipinski definition) is 2. The van der Waals surface area contributed by atoms with E-state index in [0.717, 1.165) is 13.1 Å². The highest BCUT2D eigenvalue weighted by molar-refractivity contribution is 7.89. The molecule has 0 aliphatic rings. The molecule has 21 heavy (non-hydrogen) atoms. The Kier molecular flexibility index (Phi) is 5.10. The van der Waals surface area contributed by atoms with Gasteiger partial charge in [-0.3, -0.25) is 4.68 Å². The van der Waals surface area contributed by atoms with Gasteiger partial charge in [-0.1, -0.05) is 6.92 Å². The van der Waals surface area contributed by atoms with Crippen molar-refractivity contribution < 1.29 is 12.8 Å². The van der Waals surface area contributed by atoms with Gasteiger partial charge in [-0.05, 0) is 13.5 Å². The monoisotopic (exact) mass is 313 g/mol. The summed E-state index contributed by atoms with van der Waals surface area (Å²) in [7, 11) is -3.61. The Balaban J connectivity index is 1.95. The van der Waals surface area contributed by atoms with Gasteiger partial charge in [0.2, 0.25) is 15.9 Å². The lowest BCUT2D eigenvalue weighted by atomic mass is 10.6. The maximum absolute atomic E-state index is 12.1. The Bertz CT molecular complexity index is 677. The topological polar surface area (TPSA) is 102 Å². The van der Waals surface area contributed by atoms with Gasteiger partial charge in [-0.15, -0.1) is 0 Å². The Morgan fingerprint density at radius 2 is 2.19 bits per heavy atom. The summed E-state index contributed by atoms with van der Waals surface area (Å²) in [5, 5.41) is 7.18. The van der Waals surface area contributed by atoms with Crippen LogP contribution in [-0.2, 0) is 23.1 Å². The number of oxazole rings is 1. The molecule has 2 aromatic rings. The number of aromatic nitrogens is 3. The predicted octanol–water partition coefficient (Wildman–Crippen LogP) is 0.268. The van der Waals surface area contributed by atoms with Crippen molar-refractivity contribution >= 4 is 10.0 Å². The highest BCUT2D eigenvalue weighted by atomic mass is 32.2. The van der Waals surface area contributed by atoms with Crippen LogP contribution in [0.1, 0.15) is 18.6 Å². The Labute approximate surface area is 123 Å². The molecule has 0 amide bonds. The molecule has 2 heterocycles. The van der Waals surface area contributed by atoms with Gasteiger partial charge in [0.25, 0.3) is 0 Å². The Morgan fingerprint density at radius 1 is 1.38 bits per heavy atom. The van der Waals surface area contributed by atoms with Crippen molar-refractivity contribution in [3.8, 4) is 0 Å². The molecule has 2 aromatic heterocycles. The minimum atomic E-state index is -3.61. The first-order valence-electron chi connectivity index (χ1n) is 6.65. The first-order valence-corrected chi connectivity index (χ1v) is 8.13. The van der Waals surface area contributed by atoms with Crippen LogP contribution in [-0.4, -0.2) is 36.3 Å². The van der Waals surface area contributed by atoms with E-state index in [1.165, 1.54) is 12.4 Å². The van der Waals surface area contributed by atoms with Crippen molar-refractivity contribution in [3.05, 3.63) is 30.2 Å². The summed E-state index contributed by atoms with van der Waals surface area (Å²) in [6, 6.07) is 0. The fourth-order valence-electron chi connectivity index (χ4n) is 1.70. The molecule has 0 bridgehead atoms. The van der Waals surface area contributed by atoms with Crippen molar-refractivity contribution in [2.45, 2.75) is 31.8 Å². The maximum atomic E-state index is 12.1. The first kappa shape index (κ1) is 15.7. The van der Waals surface area contributed by atoms with E-state index in [1.54, 1.807) is 17.8 Å². The van der Waals surface area contributed by atoms with Crippen molar-refractivity contribution in [2.75, 3.05) is 13.1 Å². The van der Waals surface area contributed by atoms with Crippen molar-refractivity contribution in [3.63, 3.8) is 0 Å². The second-order valence-corrected chi connectivity index (χ2v) is 6.25. The van der Waals surface area contributed by atoms with Gasteiger partial charge in [0.1, 0.15) is 10.7 Å². The van der Waals surface area contributed by atoms with Gasteiger partial charge in [-0.25, -0.2) is 18.1 Å². The molecule has 116 valence electrons. The molecular formula is C12H19N5O3S. The fraction of sp³-hybridized carbons (Fsp3) is 0.500. The molecule has 0 aromatic carbocycles. The Morgan fingerprint density at radius 3 is 2.86 bits per heavy atom. The average Bonchev–Trinajstić information content (AvgIpc) is 3.06. The molecule has 0 spiro atoms. The van der Waals surface area contributed by atoms with Crippen LogP contribution in [0.25, 0.3) is 0 Å². The van der Waals surface area contributed by atoms with Gasteiger partial charge in [0, 0.05) is 12.7 Å². The van der Waals surface area contributed by atoms with Gasteiger partial charge in [0.15, 0.2) is 0 Å². The largest absolute Gasteiger partial charge is 0.445 e. The Hall–Kier alpha value is -1.71. The van der Waals surface area contributed by atoms with Crippen LogP contribution in [0.5, 0.6) is 0 Å². The summed E-state index contributed by atoms with van der Waals surface area (Å²) in [4.78, 5) is 4.07. The number of rotatable bonds is 8. The molecule has 0 fully saturated rings. The lowest BCUT2D eigenvalue weighted by Crippen LogP contribution is -2.23. The van der Waals surface area contributed by atoms with E-state index in [9.17, 15) is 8.42 Å². The van der Waals surface area contributed by atoms with Crippen LogP contribution in [0.4, 0.5) is 0 Å². The SMILES string of the molecule is CCNCCn1cc(S(=O)(=O)NCc2ncc(C)o2)cn1. The molecule has 0 saturated heterocycles. The lowest BCUT2D eigenvalue weighted by Gasteiger charge is -2.02. The number of hydrogen-bond acceptors (Lipinski definition) is 6. The molecule has 0 saturated carbocycles. The third-order valence-electron chi connectivity index (χ3n) is 2.77. The third-order valence-corrected chi connectivity index (χ3v) is 4.13. The third kappa shape index (κ3) is 4.38. The highest BCUT2D eigenvalue weighted by Crippen LogP contribution is 2.08. The van der Waals surface area contributed by atoms with Gasteiger partial charge >= 0.3 is 0 Å². The van der Waals surface area contributed by atoms with Crippen LogP contribution < -0.4 is 10.0 Å². The van der Waals surface area contributed by atoms with E-state index in [-0.39, 0.29) is 11.4 Å². The van der Waals surface area contributed by atoms with E-state index in [0.29, 0.717) is 18.2 Å². The average molecular weight is 313 g/mol. The molecular weight excluding hydrogens is 294 g/mol. The highest BCUT2D eigenvalue weighted by Gasteiger charge is 2.17. The van der Waals surface area contributed by atoms with Crippen molar-refractivity contribution in [1.29, 1.82) is 0 Å². The molecule has 2 rings (SSSR count). The van der Waals surface area contributed by atoms with E-state index in [4.69, 9.17) is 4.42 Å². The minimum Gasteiger partial charge on any atom is -0.445 e. The molecule has 2 N–H and O–H groups in total. The smallest absolute Gasteiger partial charge is 0.244 e. The first-order chi connectivity index (χ1) is 10.0. The molecule has 8 nitrogen and oxygen atoms in total. The van der Waals surface area contributed by atoms with E-state index >= 15 is 0 Å². The molecule has 9 heteroatoms. The second kappa shape index (κ2) is 6.83. The van der Waals surface area contributed by atoms with Gasteiger partial charge in [-0.2, -0.15) is 5.10 Å². The molecule has 0 aliphatic heterocycles. The number of likely N-dealkylation sites (N-methyl/N-ethyl adjacent to an activating group) is 1. The normalized spacial score (nSPS) is 11.9. The lowest BCUT2D eigenvalue weighted by molar-refractivity contribution is 0.463. The summed E-state index contributed by atoms with van der Waals surface area (Å²) in [5.74, 6) is 0.969. The van der Waals surface area contributed by atoms with Crippen LogP contribution >= 0.6 is 0 Å². The van der Waals surface area contributed by atoms with Gasteiger partial charge in [0.05, 0.1) is 25.5 Å². The zero-order chi connectivity index (χ0) is 15.3. The summed E-state index contributed by atoms with van der Waals surface area (Å²) < 4.78 is 33.5. The zero-order valence-electron chi connectivity index (χ0n) is 12.0. The number of nitrogens with one attached hydrogen (secondary N) is 2. The standard InChI is InChI=1S/C12H19N5O3S/c1-3-13-4-5-17-9-11(7-15-17)21(18,19)16-8-12-14-6-10(2)20-12/h6-7,9,13,16H,3-5,8H2,1-2H3. The maximum Gasteiger partial charge on any atom is 0.244 e. The van der Waals surface area contributed by atoms with Crippen LogP contribution in [0.15, 0.2) is 27.9 Å². The van der Waals surface area contributed by atoms with Crippen molar-refractivity contribution in [1.82, 2.24) is 24.8 Å². The quantitative estimate of drug-likeness (QED) is 0.678. The van der Waals surface area contributed by atoms with Crippen LogP contribution in [0, 0.1) is 6.92 Å². The van der Waals surface area contributed by atoms with Crippen LogP contribution in [0.3, 0.4) is 0 Å². The summed E-state index contributed by atoms with van der Waals surface area (Å²) in [6.45, 7) is 5.98. The summed E-state index contributed by atoms with van der Waals surface area (Å²) >= 11 is 0. The minimum absolute atomic E-state index is 0.0126. The number of sulfonamides is 1. The van der Waals surface area contributed by atoms with E-state index < -0.39 is 10.0 Å².